The maximum atomic E-state index is 17.1. The maximum Gasteiger partial charge on any atom is 0.387 e. The van der Waals surface area contributed by atoms with Crippen LogP contribution in [0.5, 0.6) is 17.5 Å². The summed E-state index contributed by atoms with van der Waals surface area (Å²) in [6.07, 6.45) is 6.58. The van der Waals surface area contributed by atoms with Crippen LogP contribution >= 0.6 is 0 Å². The Labute approximate surface area is 279 Å². The summed E-state index contributed by atoms with van der Waals surface area (Å²) in [6.45, 7) is -3.97. The average Bonchev–Trinajstić information content (AvgIpc) is 3.47. The minimum absolute atomic E-state index is 0.0121. The molecule has 0 spiro atoms. The number of halogens is 7. The fourth-order valence-electron chi connectivity index (χ4n) is 6.98. The van der Waals surface area contributed by atoms with Crippen LogP contribution in [-0.4, -0.2) is 74.5 Å². The number of terminal acetylenes is 1. The fraction of sp³-hybridized carbons (Fsp3) is 0.382. The number of nitrogens with one attached hydrogen (secondary N) is 1. The van der Waals surface area contributed by atoms with E-state index in [4.69, 9.17) is 15.9 Å². The molecule has 2 aliphatic heterocycles. The van der Waals surface area contributed by atoms with Crippen LogP contribution in [-0.2, 0) is 9.53 Å². The second-order valence-electron chi connectivity index (χ2n) is 12.5. The highest BCUT2D eigenvalue weighted by atomic mass is 19.3. The highest BCUT2D eigenvalue weighted by Crippen LogP contribution is 2.60. The van der Waals surface area contributed by atoms with Gasteiger partial charge < -0.3 is 29.2 Å². The molecule has 50 heavy (non-hydrogen) atoms. The van der Waals surface area contributed by atoms with Crippen molar-refractivity contribution in [3.8, 4) is 41.0 Å². The van der Waals surface area contributed by atoms with Crippen LogP contribution in [0.3, 0.4) is 0 Å². The smallest absolute Gasteiger partial charge is 0.387 e. The molecule has 2 bridgehead atoms. The van der Waals surface area contributed by atoms with Crippen molar-refractivity contribution < 1.29 is 54.5 Å². The van der Waals surface area contributed by atoms with Crippen LogP contribution in [0.4, 0.5) is 36.6 Å². The van der Waals surface area contributed by atoms with E-state index in [0.29, 0.717) is 13.1 Å². The molecule has 1 saturated carbocycles. The molecular formula is C34H27F7N4O5. The molecule has 16 heteroatoms. The molecule has 0 radical (unpaired) electrons. The van der Waals surface area contributed by atoms with Gasteiger partial charge in [0.1, 0.15) is 41.5 Å². The zero-order valence-electron chi connectivity index (χ0n) is 26.2. The Morgan fingerprint density at radius 1 is 1.08 bits per heavy atom. The first-order valence-corrected chi connectivity index (χ1v) is 15.4. The number of hydrogen-bond donors (Lipinski definition) is 1. The van der Waals surface area contributed by atoms with Gasteiger partial charge in [0.15, 0.2) is 17.4 Å². The van der Waals surface area contributed by atoms with Crippen molar-refractivity contribution in [2.24, 2.45) is 5.41 Å². The van der Waals surface area contributed by atoms with Gasteiger partial charge in [-0.3, -0.25) is 4.79 Å². The SMILES string of the molecule is C#Cc1c(F)ccc2cc(OC(F)F)cc(-c3c(F)c(OC)c4c(N5CC6CCC(C5)N6)nc(OCC5(COC=O)CC5(F)F)nc4c3F)c12. The quantitative estimate of drug-likeness (QED) is 0.115. The van der Waals surface area contributed by atoms with Gasteiger partial charge in [0, 0.05) is 42.5 Å². The Morgan fingerprint density at radius 2 is 1.80 bits per heavy atom. The molecule has 3 unspecified atom stereocenters. The van der Waals surface area contributed by atoms with Gasteiger partial charge >= 0.3 is 12.6 Å². The molecule has 4 aromatic rings. The van der Waals surface area contributed by atoms with E-state index in [1.165, 1.54) is 6.07 Å². The van der Waals surface area contributed by atoms with Crippen LogP contribution in [0.25, 0.3) is 32.8 Å². The molecule has 3 aromatic carbocycles. The number of piperazine rings is 1. The number of nitrogens with zero attached hydrogens (tertiary/aromatic N) is 3. The first-order valence-electron chi connectivity index (χ1n) is 15.4. The summed E-state index contributed by atoms with van der Waals surface area (Å²) in [6, 6.07) is 3.63. The summed E-state index contributed by atoms with van der Waals surface area (Å²) in [5.74, 6) is -5.73. The third kappa shape index (κ3) is 5.53. The van der Waals surface area contributed by atoms with E-state index >= 15 is 8.78 Å². The molecule has 3 aliphatic rings. The molecule has 0 amide bonds. The molecule has 3 fully saturated rings. The van der Waals surface area contributed by atoms with Gasteiger partial charge in [-0.1, -0.05) is 12.0 Å². The maximum absolute atomic E-state index is 17.1. The minimum atomic E-state index is -3.32. The number of benzene rings is 3. The molecule has 9 nitrogen and oxygen atoms in total. The predicted molar refractivity (Wildman–Crippen MR) is 165 cm³/mol. The van der Waals surface area contributed by atoms with E-state index in [0.717, 1.165) is 38.2 Å². The summed E-state index contributed by atoms with van der Waals surface area (Å²) < 4.78 is 125. The van der Waals surface area contributed by atoms with Crippen molar-refractivity contribution in [3.05, 3.63) is 47.3 Å². The highest BCUT2D eigenvalue weighted by molar-refractivity contribution is 6.06. The summed E-state index contributed by atoms with van der Waals surface area (Å²) in [5, 5.41) is 3.06. The monoisotopic (exact) mass is 704 g/mol. The van der Waals surface area contributed by atoms with Gasteiger partial charge in [-0.2, -0.15) is 18.7 Å². The van der Waals surface area contributed by atoms with E-state index in [9.17, 15) is 26.7 Å². The first-order chi connectivity index (χ1) is 23.9. The lowest BCUT2D eigenvalue weighted by Gasteiger charge is -2.34. The Bertz CT molecular complexity index is 2060. The van der Waals surface area contributed by atoms with Crippen molar-refractivity contribution in [2.45, 2.75) is 43.9 Å². The average molecular weight is 705 g/mol. The number of ether oxygens (including phenoxy) is 4. The van der Waals surface area contributed by atoms with Gasteiger partial charge in [0.25, 0.3) is 12.4 Å². The third-order valence-electron chi connectivity index (χ3n) is 9.46. The molecule has 3 atom stereocenters. The largest absolute Gasteiger partial charge is 0.493 e. The number of carbonyl (C=O) groups is 1. The molecule has 1 aromatic heterocycles. The van der Waals surface area contributed by atoms with E-state index in [-0.39, 0.29) is 40.5 Å². The number of rotatable bonds is 11. The van der Waals surface area contributed by atoms with Crippen molar-refractivity contribution in [3.63, 3.8) is 0 Å². The van der Waals surface area contributed by atoms with Crippen molar-refractivity contribution in [1.29, 1.82) is 0 Å². The lowest BCUT2D eigenvalue weighted by molar-refractivity contribution is -0.132. The number of aromatic nitrogens is 2. The number of alkyl halides is 4. The Hall–Kier alpha value is -5.04. The molecule has 1 N–H and O–H groups in total. The standard InChI is InChI=1S/C34H27F7N4O5/c1-3-20-22(35)7-4-16-8-19(50-31(38)39)9-21(23(16)20)24-26(36)28-25(29(47-2)27(24)37)30(45-10-17-5-6-18(11-45)42-17)44-32(43-28)49-14-33(13-48-15-46)12-34(33,40)41/h1,4,7-9,15,17-18,31,42H,5-6,10-14H2,2H3. The number of fused-ring (bicyclic) bond motifs is 4. The molecule has 2 saturated heterocycles. The summed E-state index contributed by atoms with van der Waals surface area (Å²) in [7, 11) is 1.11. The normalized spacial score (nSPS) is 22.1. The van der Waals surface area contributed by atoms with Crippen molar-refractivity contribution in [1.82, 2.24) is 15.3 Å². The van der Waals surface area contributed by atoms with E-state index in [1.54, 1.807) is 4.90 Å². The highest BCUT2D eigenvalue weighted by Gasteiger charge is 2.72. The zero-order chi connectivity index (χ0) is 35.5. The molecule has 3 heterocycles. The number of carbonyl (C=O) groups excluding carboxylic acids is 1. The van der Waals surface area contributed by atoms with Gasteiger partial charge in [0.05, 0.1) is 23.6 Å². The second-order valence-corrected chi connectivity index (χ2v) is 12.5. The lowest BCUT2D eigenvalue weighted by Crippen LogP contribution is -2.51. The fourth-order valence-corrected chi connectivity index (χ4v) is 6.98. The van der Waals surface area contributed by atoms with Crippen LogP contribution in [0.2, 0.25) is 0 Å². The van der Waals surface area contributed by atoms with Crippen LogP contribution < -0.4 is 24.4 Å². The summed E-state index contributed by atoms with van der Waals surface area (Å²) >= 11 is 0. The van der Waals surface area contributed by atoms with Crippen molar-refractivity contribution in [2.75, 3.05) is 38.3 Å². The lowest BCUT2D eigenvalue weighted by atomic mass is 9.92. The second kappa shape index (κ2) is 12.4. The van der Waals surface area contributed by atoms with Gasteiger partial charge in [-0.05, 0) is 36.4 Å². The Balaban J connectivity index is 1.47. The molecule has 1 aliphatic carbocycles. The van der Waals surface area contributed by atoms with Gasteiger partial charge in [-0.15, -0.1) is 6.42 Å². The first kappa shape index (κ1) is 33.5. The number of hydrogen-bond acceptors (Lipinski definition) is 9. The van der Waals surface area contributed by atoms with Crippen LogP contribution in [0.1, 0.15) is 24.8 Å². The predicted octanol–water partition coefficient (Wildman–Crippen LogP) is 5.98. The van der Waals surface area contributed by atoms with E-state index in [1.807, 2.05) is 0 Å². The third-order valence-corrected chi connectivity index (χ3v) is 9.46. The summed E-state index contributed by atoms with van der Waals surface area (Å²) in [4.78, 5) is 21.1. The van der Waals surface area contributed by atoms with E-state index < -0.39 is 94.8 Å². The molecular weight excluding hydrogens is 677 g/mol. The zero-order valence-corrected chi connectivity index (χ0v) is 26.2. The number of anilines is 1. The Kier molecular flexibility index (Phi) is 8.28. The number of methoxy groups -OCH3 is 1. The van der Waals surface area contributed by atoms with Gasteiger partial charge in [0.2, 0.25) is 0 Å². The Morgan fingerprint density at radius 3 is 2.42 bits per heavy atom. The molecule has 7 rings (SSSR count). The molecule has 262 valence electrons. The summed E-state index contributed by atoms with van der Waals surface area (Å²) in [5.41, 5.74) is -4.19. The van der Waals surface area contributed by atoms with Gasteiger partial charge in [-0.25, -0.2) is 22.0 Å². The van der Waals surface area contributed by atoms with Crippen molar-refractivity contribution >= 4 is 34.0 Å². The minimum Gasteiger partial charge on any atom is -0.493 e. The van der Waals surface area contributed by atoms with E-state index in [2.05, 4.69) is 30.7 Å². The topological polar surface area (TPSA) is 95.0 Å². The van der Waals surface area contributed by atoms with Crippen LogP contribution in [0, 0.1) is 35.2 Å². The van der Waals surface area contributed by atoms with Crippen LogP contribution in [0.15, 0.2) is 24.3 Å².